The van der Waals surface area contributed by atoms with Crippen molar-refractivity contribution in [2.24, 2.45) is 0 Å². The molecular weight excluding hydrogens is 368 g/mol. The second kappa shape index (κ2) is 9.94. The molecule has 6 heteroatoms. The number of hydrogen-bond donors (Lipinski definition) is 2. The van der Waals surface area contributed by atoms with Crippen molar-refractivity contribution >= 4 is 17.5 Å². The number of anilines is 1. The molecule has 0 saturated heterocycles. The molecule has 3 aromatic rings. The summed E-state index contributed by atoms with van der Waals surface area (Å²) in [5.41, 5.74) is 1.19. The third kappa shape index (κ3) is 6.10. The van der Waals surface area contributed by atoms with E-state index in [2.05, 4.69) is 10.6 Å². The number of carbonyl (C=O) groups excluding carboxylic acids is 2. The van der Waals surface area contributed by atoms with Gasteiger partial charge in [0.05, 0.1) is 0 Å². The smallest absolute Gasteiger partial charge is 0.262 e. The zero-order valence-electron chi connectivity index (χ0n) is 16.1. The molecule has 0 aliphatic heterocycles. The molecule has 0 aromatic heterocycles. The molecule has 0 unspecified atom stereocenters. The van der Waals surface area contributed by atoms with E-state index in [1.165, 1.54) is 0 Å². The summed E-state index contributed by atoms with van der Waals surface area (Å²) in [5.74, 6) is 1.51. The van der Waals surface area contributed by atoms with Crippen LogP contribution < -0.4 is 20.1 Å². The Morgan fingerprint density at radius 2 is 1.41 bits per heavy atom. The lowest BCUT2D eigenvalue weighted by Gasteiger charge is -2.09. The summed E-state index contributed by atoms with van der Waals surface area (Å²) in [7, 11) is 0. The van der Waals surface area contributed by atoms with Crippen molar-refractivity contribution < 1.29 is 19.1 Å². The van der Waals surface area contributed by atoms with Gasteiger partial charge in [-0.1, -0.05) is 18.2 Å². The number of hydrogen-bond acceptors (Lipinski definition) is 4. The Bertz CT molecular complexity index is 939. The van der Waals surface area contributed by atoms with Gasteiger partial charge in [0.2, 0.25) is 0 Å². The van der Waals surface area contributed by atoms with Gasteiger partial charge in [0, 0.05) is 17.8 Å². The first-order valence-electron chi connectivity index (χ1n) is 9.28. The molecule has 2 N–H and O–H groups in total. The highest BCUT2D eigenvalue weighted by molar-refractivity contribution is 5.94. The first-order valence-corrected chi connectivity index (χ1v) is 9.28. The number of amides is 2. The zero-order chi connectivity index (χ0) is 20.5. The Balaban J connectivity index is 1.47. The van der Waals surface area contributed by atoms with Gasteiger partial charge in [0.25, 0.3) is 11.8 Å². The van der Waals surface area contributed by atoms with E-state index in [1.54, 1.807) is 48.5 Å². The molecule has 0 saturated carbocycles. The fourth-order valence-electron chi connectivity index (χ4n) is 2.54. The van der Waals surface area contributed by atoms with Gasteiger partial charge in [-0.2, -0.15) is 0 Å². The predicted molar refractivity (Wildman–Crippen MR) is 112 cm³/mol. The molecule has 0 heterocycles. The third-order valence-electron chi connectivity index (χ3n) is 3.94. The maximum Gasteiger partial charge on any atom is 0.262 e. The molecule has 148 valence electrons. The first kappa shape index (κ1) is 19.9. The van der Waals surface area contributed by atoms with Gasteiger partial charge in [0.15, 0.2) is 6.61 Å². The molecule has 3 rings (SSSR count). The van der Waals surface area contributed by atoms with E-state index in [0.717, 1.165) is 5.75 Å². The molecule has 0 aliphatic carbocycles. The number of rotatable bonds is 8. The van der Waals surface area contributed by atoms with Gasteiger partial charge >= 0.3 is 0 Å². The molecule has 0 aliphatic rings. The summed E-state index contributed by atoms with van der Waals surface area (Å²) < 4.78 is 11.2. The Hall–Kier alpha value is -3.80. The van der Waals surface area contributed by atoms with E-state index in [1.807, 2.05) is 37.3 Å². The normalized spacial score (nSPS) is 10.1. The monoisotopic (exact) mass is 390 g/mol. The highest BCUT2D eigenvalue weighted by Crippen LogP contribution is 2.22. The van der Waals surface area contributed by atoms with Crippen molar-refractivity contribution in [3.63, 3.8) is 0 Å². The van der Waals surface area contributed by atoms with Crippen LogP contribution in [0, 0.1) is 0 Å². The molecule has 0 fully saturated rings. The van der Waals surface area contributed by atoms with Crippen LogP contribution in [0.4, 0.5) is 5.69 Å². The van der Waals surface area contributed by atoms with Crippen LogP contribution in [0.15, 0.2) is 78.9 Å². The predicted octanol–water partition coefficient (Wildman–Crippen LogP) is 4.25. The van der Waals surface area contributed by atoms with Gasteiger partial charge in [-0.05, 0) is 67.6 Å². The lowest BCUT2D eigenvalue weighted by Crippen LogP contribution is -2.22. The fraction of sp³-hybridized carbons (Fsp3) is 0.130. The minimum Gasteiger partial charge on any atom is -0.484 e. The average Bonchev–Trinajstić information content (AvgIpc) is 2.75. The summed E-state index contributed by atoms with van der Waals surface area (Å²) in [4.78, 5) is 23.8. The van der Waals surface area contributed by atoms with Crippen LogP contribution in [0.3, 0.4) is 0 Å². The lowest BCUT2D eigenvalue weighted by molar-refractivity contribution is -0.118. The second-order valence-corrected chi connectivity index (χ2v) is 6.16. The van der Waals surface area contributed by atoms with Gasteiger partial charge in [0.1, 0.15) is 17.2 Å². The molecule has 29 heavy (non-hydrogen) atoms. The van der Waals surface area contributed by atoms with Crippen molar-refractivity contribution in [3.05, 3.63) is 84.4 Å². The van der Waals surface area contributed by atoms with Crippen LogP contribution in [0.5, 0.6) is 17.2 Å². The summed E-state index contributed by atoms with van der Waals surface area (Å²) in [5, 5.41) is 5.49. The van der Waals surface area contributed by atoms with Crippen LogP contribution in [-0.2, 0) is 4.79 Å². The highest BCUT2D eigenvalue weighted by Gasteiger charge is 2.07. The van der Waals surface area contributed by atoms with Crippen LogP contribution in [0.2, 0.25) is 0 Å². The van der Waals surface area contributed by atoms with Crippen molar-refractivity contribution in [2.75, 3.05) is 18.5 Å². The molecular formula is C23H22N2O4. The number of carbonyl (C=O) groups is 2. The topological polar surface area (TPSA) is 76.7 Å². The zero-order valence-corrected chi connectivity index (χ0v) is 16.1. The maximum absolute atomic E-state index is 12.1. The van der Waals surface area contributed by atoms with Crippen LogP contribution in [0.25, 0.3) is 0 Å². The quantitative estimate of drug-likeness (QED) is 0.603. The fourth-order valence-corrected chi connectivity index (χ4v) is 2.54. The summed E-state index contributed by atoms with van der Waals surface area (Å²) >= 11 is 0. The van der Waals surface area contributed by atoms with Gasteiger partial charge in [-0.25, -0.2) is 0 Å². The molecule has 0 spiro atoms. The number of ether oxygens (including phenoxy) is 2. The SMILES string of the molecule is CCNC(=O)c1ccc(OCC(=O)Nc2ccc(Oc3ccccc3)cc2)cc1. The summed E-state index contributed by atoms with van der Waals surface area (Å²) in [6, 6.07) is 23.2. The molecule has 2 amide bonds. The largest absolute Gasteiger partial charge is 0.484 e. The van der Waals surface area contributed by atoms with Gasteiger partial charge in [-0.3, -0.25) is 9.59 Å². The van der Waals surface area contributed by atoms with Crippen LogP contribution in [0.1, 0.15) is 17.3 Å². The van der Waals surface area contributed by atoms with E-state index in [0.29, 0.717) is 29.3 Å². The lowest BCUT2D eigenvalue weighted by atomic mass is 10.2. The van der Waals surface area contributed by atoms with E-state index in [4.69, 9.17) is 9.47 Å². The number of nitrogens with one attached hydrogen (secondary N) is 2. The standard InChI is InChI=1S/C23H22N2O4/c1-2-24-23(27)17-8-12-19(13-9-17)28-16-22(26)25-18-10-14-21(15-11-18)29-20-6-4-3-5-7-20/h3-15H,2,16H2,1H3,(H,24,27)(H,25,26). The summed E-state index contributed by atoms with van der Waals surface area (Å²) in [6.07, 6.45) is 0. The molecule has 6 nitrogen and oxygen atoms in total. The van der Waals surface area contributed by atoms with Crippen molar-refractivity contribution in [2.45, 2.75) is 6.92 Å². The summed E-state index contributed by atoms with van der Waals surface area (Å²) in [6.45, 7) is 2.29. The van der Waals surface area contributed by atoms with Crippen LogP contribution in [-0.4, -0.2) is 25.0 Å². The molecule has 0 atom stereocenters. The van der Waals surface area contributed by atoms with Crippen molar-refractivity contribution in [3.8, 4) is 17.2 Å². The minimum atomic E-state index is -0.283. The van der Waals surface area contributed by atoms with Gasteiger partial charge in [-0.15, -0.1) is 0 Å². The third-order valence-corrected chi connectivity index (χ3v) is 3.94. The van der Waals surface area contributed by atoms with E-state index < -0.39 is 0 Å². The van der Waals surface area contributed by atoms with E-state index in [9.17, 15) is 9.59 Å². The van der Waals surface area contributed by atoms with Crippen molar-refractivity contribution in [1.82, 2.24) is 5.32 Å². The van der Waals surface area contributed by atoms with E-state index >= 15 is 0 Å². The van der Waals surface area contributed by atoms with E-state index in [-0.39, 0.29) is 18.4 Å². The van der Waals surface area contributed by atoms with Crippen molar-refractivity contribution in [1.29, 1.82) is 0 Å². The minimum absolute atomic E-state index is 0.136. The number of benzene rings is 3. The highest BCUT2D eigenvalue weighted by atomic mass is 16.5. The number of para-hydroxylation sites is 1. The molecule has 0 bridgehead atoms. The maximum atomic E-state index is 12.1. The van der Waals surface area contributed by atoms with Gasteiger partial charge < -0.3 is 20.1 Å². The molecule has 0 radical (unpaired) electrons. The Morgan fingerprint density at radius 3 is 2.07 bits per heavy atom. The van der Waals surface area contributed by atoms with Crippen LogP contribution >= 0.6 is 0 Å². The Labute approximate surface area is 169 Å². The Morgan fingerprint density at radius 1 is 0.793 bits per heavy atom. The molecule has 3 aromatic carbocycles. The average molecular weight is 390 g/mol. The first-order chi connectivity index (χ1) is 14.1. The second-order valence-electron chi connectivity index (χ2n) is 6.16. The Kier molecular flexibility index (Phi) is 6.84.